The number of allylic oxidation sites excluding steroid dienone is 1. The summed E-state index contributed by atoms with van der Waals surface area (Å²) >= 11 is 0. The second-order valence-electron chi connectivity index (χ2n) is 8.46. The van der Waals surface area contributed by atoms with Gasteiger partial charge in [0.25, 0.3) is 0 Å². The van der Waals surface area contributed by atoms with Crippen LogP contribution in [0, 0.1) is 5.92 Å². The number of hydrogen-bond acceptors (Lipinski definition) is 2. The van der Waals surface area contributed by atoms with Crippen LogP contribution in [0.15, 0.2) is 90.5 Å². The van der Waals surface area contributed by atoms with Crippen molar-refractivity contribution in [1.29, 1.82) is 0 Å². The van der Waals surface area contributed by atoms with Gasteiger partial charge in [0.2, 0.25) is 0 Å². The summed E-state index contributed by atoms with van der Waals surface area (Å²) in [4.78, 5) is 0. The minimum Gasteiger partial charge on any atom is -0.507 e. The first-order chi connectivity index (χ1) is 15.0. The van der Waals surface area contributed by atoms with Crippen molar-refractivity contribution < 1.29 is 9.84 Å². The summed E-state index contributed by atoms with van der Waals surface area (Å²) in [6.45, 7) is 9.33. The van der Waals surface area contributed by atoms with Crippen molar-refractivity contribution in [3.05, 3.63) is 102 Å². The minimum atomic E-state index is 0.0959. The zero-order valence-electron chi connectivity index (χ0n) is 18.3. The zero-order valence-corrected chi connectivity index (χ0v) is 18.3. The van der Waals surface area contributed by atoms with E-state index in [2.05, 4.69) is 62.9 Å². The molecule has 3 aromatic rings. The monoisotopic (exact) mass is 410 g/mol. The van der Waals surface area contributed by atoms with Gasteiger partial charge in [0.1, 0.15) is 5.75 Å². The molecule has 1 heterocycles. The molecular formula is C29H30O2. The Hall–Kier alpha value is -3.10. The van der Waals surface area contributed by atoms with Crippen LogP contribution in [0.1, 0.15) is 37.8 Å². The first-order valence-corrected chi connectivity index (χ1v) is 11.0. The Labute approximate surface area is 185 Å². The number of phenols is 1. The molecule has 0 aliphatic carbocycles. The molecule has 31 heavy (non-hydrogen) atoms. The highest BCUT2D eigenvalue weighted by molar-refractivity contribution is 5.98. The average molecular weight is 411 g/mol. The molecule has 3 aromatic carbocycles. The largest absolute Gasteiger partial charge is 0.507 e. The van der Waals surface area contributed by atoms with Crippen LogP contribution in [0.3, 0.4) is 0 Å². The third-order valence-electron chi connectivity index (χ3n) is 6.10. The molecule has 0 saturated carbocycles. The SMILES string of the molecule is C=C(C1=CCOC1CC/C(=C/c1ccc(O)c2ccccc12)c1ccccc1)C(C)C. The topological polar surface area (TPSA) is 29.5 Å². The molecule has 4 rings (SSSR count). The molecule has 1 N–H and O–H groups in total. The lowest BCUT2D eigenvalue weighted by Gasteiger charge is -2.20. The van der Waals surface area contributed by atoms with Gasteiger partial charge in [-0.05, 0) is 58.1 Å². The van der Waals surface area contributed by atoms with Crippen LogP contribution in [0.5, 0.6) is 5.75 Å². The maximum absolute atomic E-state index is 10.3. The van der Waals surface area contributed by atoms with Gasteiger partial charge in [-0.25, -0.2) is 0 Å². The number of phenolic OH excluding ortho intramolecular Hbond substituents is 1. The Balaban J connectivity index is 1.66. The van der Waals surface area contributed by atoms with Gasteiger partial charge in [-0.15, -0.1) is 0 Å². The van der Waals surface area contributed by atoms with Crippen LogP contribution in [0.4, 0.5) is 0 Å². The van der Waals surface area contributed by atoms with E-state index in [4.69, 9.17) is 4.74 Å². The summed E-state index contributed by atoms with van der Waals surface area (Å²) < 4.78 is 6.05. The van der Waals surface area contributed by atoms with Crippen LogP contribution >= 0.6 is 0 Å². The van der Waals surface area contributed by atoms with Crippen LogP contribution < -0.4 is 0 Å². The van der Waals surface area contributed by atoms with Crippen LogP contribution in [0.2, 0.25) is 0 Å². The van der Waals surface area contributed by atoms with Crippen molar-refractivity contribution in [3.63, 3.8) is 0 Å². The van der Waals surface area contributed by atoms with Crippen molar-refractivity contribution in [2.75, 3.05) is 6.61 Å². The number of rotatable bonds is 7. The van der Waals surface area contributed by atoms with Crippen molar-refractivity contribution in [2.24, 2.45) is 5.92 Å². The standard InChI is InChI=1S/C29H30O2/c1-20(2)21(3)25-17-18-31-29(25)16-14-23(22-9-5-4-6-10-22)19-24-13-15-28(30)27-12-8-7-11-26(24)27/h4-13,15,17,19-20,29-30H,3,14,16,18H2,1-2H3/b23-19-. The number of hydrogen-bond donors (Lipinski definition) is 1. The Morgan fingerprint density at radius 1 is 1.03 bits per heavy atom. The number of fused-ring (bicyclic) bond motifs is 1. The fourth-order valence-corrected chi connectivity index (χ4v) is 4.24. The highest BCUT2D eigenvalue weighted by Crippen LogP contribution is 2.34. The number of benzene rings is 3. The molecular weight excluding hydrogens is 380 g/mol. The Morgan fingerprint density at radius 3 is 2.48 bits per heavy atom. The van der Waals surface area contributed by atoms with Gasteiger partial charge in [-0.1, -0.05) is 93.2 Å². The molecule has 0 amide bonds. The molecule has 2 heteroatoms. The van der Waals surface area contributed by atoms with Gasteiger partial charge in [0.05, 0.1) is 12.7 Å². The zero-order chi connectivity index (χ0) is 21.8. The summed E-state index contributed by atoms with van der Waals surface area (Å²) in [5, 5.41) is 12.2. The molecule has 1 unspecified atom stereocenters. The summed E-state index contributed by atoms with van der Waals surface area (Å²) in [6.07, 6.45) is 6.35. The lowest BCUT2D eigenvalue weighted by Crippen LogP contribution is -2.13. The van der Waals surface area contributed by atoms with Crippen molar-refractivity contribution in [2.45, 2.75) is 32.8 Å². The lowest BCUT2D eigenvalue weighted by molar-refractivity contribution is 0.117. The minimum absolute atomic E-state index is 0.0959. The smallest absolute Gasteiger partial charge is 0.123 e. The molecule has 1 atom stereocenters. The number of aromatic hydroxyl groups is 1. The Morgan fingerprint density at radius 2 is 1.74 bits per heavy atom. The lowest BCUT2D eigenvalue weighted by atomic mass is 9.89. The van der Waals surface area contributed by atoms with E-state index in [1.165, 1.54) is 22.3 Å². The van der Waals surface area contributed by atoms with Gasteiger partial charge in [0.15, 0.2) is 0 Å². The Bertz CT molecular complexity index is 1140. The third-order valence-corrected chi connectivity index (χ3v) is 6.10. The average Bonchev–Trinajstić information content (AvgIpc) is 3.26. The summed E-state index contributed by atoms with van der Waals surface area (Å²) in [7, 11) is 0. The second kappa shape index (κ2) is 9.36. The number of ether oxygens (including phenoxy) is 1. The van der Waals surface area contributed by atoms with E-state index in [1.54, 1.807) is 6.07 Å². The molecule has 2 nitrogen and oxygen atoms in total. The van der Waals surface area contributed by atoms with E-state index >= 15 is 0 Å². The van der Waals surface area contributed by atoms with Gasteiger partial charge in [0, 0.05) is 5.39 Å². The predicted octanol–water partition coefficient (Wildman–Crippen LogP) is 7.40. The first kappa shape index (κ1) is 21.1. The fourth-order valence-electron chi connectivity index (χ4n) is 4.24. The molecule has 0 spiro atoms. The van der Waals surface area contributed by atoms with E-state index in [-0.39, 0.29) is 6.10 Å². The van der Waals surface area contributed by atoms with Crippen molar-refractivity contribution in [3.8, 4) is 5.75 Å². The van der Waals surface area contributed by atoms with E-state index in [1.807, 2.05) is 30.3 Å². The summed E-state index contributed by atoms with van der Waals surface area (Å²) in [5.74, 6) is 0.735. The molecule has 158 valence electrons. The molecule has 0 fully saturated rings. The van der Waals surface area contributed by atoms with Gasteiger partial charge in [-0.2, -0.15) is 0 Å². The summed E-state index contributed by atoms with van der Waals surface area (Å²) in [6, 6.07) is 22.3. The highest BCUT2D eigenvalue weighted by atomic mass is 16.5. The van der Waals surface area contributed by atoms with E-state index < -0.39 is 0 Å². The van der Waals surface area contributed by atoms with Gasteiger partial charge >= 0.3 is 0 Å². The van der Waals surface area contributed by atoms with Crippen molar-refractivity contribution >= 4 is 22.4 Å². The van der Waals surface area contributed by atoms with Crippen molar-refractivity contribution in [1.82, 2.24) is 0 Å². The highest BCUT2D eigenvalue weighted by Gasteiger charge is 2.23. The predicted molar refractivity (Wildman–Crippen MR) is 131 cm³/mol. The summed E-state index contributed by atoms with van der Waals surface area (Å²) in [5.41, 5.74) is 6.03. The van der Waals surface area contributed by atoms with Crippen LogP contribution in [-0.4, -0.2) is 17.8 Å². The van der Waals surface area contributed by atoms with E-state index in [9.17, 15) is 5.11 Å². The van der Waals surface area contributed by atoms with Gasteiger partial charge < -0.3 is 9.84 Å². The Kier molecular flexibility index (Phi) is 6.39. The first-order valence-electron chi connectivity index (χ1n) is 11.0. The molecule has 1 aliphatic heterocycles. The maximum atomic E-state index is 10.3. The van der Waals surface area contributed by atoms with E-state index in [0.717, 1.165) is 29.2 Å². The molecule has 0 bridgehead atoms. The molecule has 0 radical (unpaired) electrons. The van der Waals surface area contributed by atoms with E-state index in [0.29, 0.717) is 18.3 Å². The fraction of sp³-hybridized carbons (Fsp3) is 0.241. The molecule has 0 aromatic heterocycles. The second-order valence-corrected chi connectivity index (χ2v) is 8.46. The maximum Gasteiger partial charge on any atom is 0.123 e. The molecule has 0 saturated heterocycles. The van der Waals surface area contributed by atoms with Crippen LogP contribution in [0.25, 0.3) is 22.4 Å². The van der Waals surface area contributed by atoms with Gasteiger partial charge in [-0.3, -0.25) is 0 Å². The normalized spacial score (nSPS) is 16.7. The quantitative estimate of drug-likeness (QED) is 0.411. The molecule has 1 aliphatic rings. The van der Waals surface area contributed by atoms with Crippen LogP contribution in [-0.2, 0) is 4.74 Å². The third kappa shape index (κ3) is 4.65.